The molecule has 2 aliphatic carbocycles. The molecule has 5 heteroatoms. The molecule has 8 aromatic rings. The van der Waals surface area contributed by atoms with E-state index in [0.29, 0.717) is 0 Å². The smallest absolute Gasteiger partial charge is 0.0725 e. The molecule has 4 nitrogen and oxygen atoms in total. The zero-order chi connectivity index (χ0) is 33.8. The molecule has 0 saturated carbocycles. The molecule has 1 spiro atoms. The third kappa shape index (κ3) is 5.25. The zero-order valence-corrected chi connectivity index (χ0v) is 30.7. The fourth-order valence-electron chi connectivity index (χ4n) is 7.95. The summed E-state index contributed by atoms with van der Waals surface area (Å²) in [6.07, 6.45) is 0. The molecular formula is C46H33N4Pt-3. The van der Waals surface area contributed by atoms with E-state index in [1.165, 1.54) is 50.1 Å². The Morgan fingerprint density at radius 1 is 0.569 bits per heavy atom. The molecule has 6 aromatic carbocycles. The summed E-state index contributed by atoms with van der Waals surface area (Å²) in [5.74, 6) is 0. The summed E-state index contributed by atoms with van der Waals surface area (Å²) in [6.45, 7) is 6.00. The molecule has 0 bridgehead atoms. The number of aromatic nitrogens is 4. The van der Waals surface area contributed by atoms with E-state index in [1.54, 1.807) is 0 Å². The van der Waals surface area contributed by atoms with Crippen LogP contribution in [0.15, 0.2) is 146 Å². The van der Waals surface area contributed by atoms with Crippen LogP contribution in [0.3, 0.4) is 0 Å². The van der Waals surface area contributed by atoms with Crippen molar-refractivity contribution in [3.8, 4) is 50.3 Å². The van der Waals surface area contributed by atoms with Crippen molar-refractivity contribution in [1.82, 2.24) is 20.0 Å². The van der Waals surface area contributed by atoms with Crippen LogP contribution in [0.5, 0.6) is 0 Å². The molecule has 2 aliphatic rings. The van der Waals surface area contributed by atoms with Crippen molar-refractivity contribution in [2.24, 2.45) is 0 Å². The quantitative estimate of drug-likeness (QED) is 0.167. The Morgan fingerprint density at radius 3 is 1.71 bits per heavy atom. The molecule has 0 unspecified atom stereocenters. The van der Waals surface area contributed by atoms with Crippen LogP contribution in [-0.2, 0) is 26.5 Å². The van der Waals surface area contributed by atoms with E-state index in [-0.39, 0.29) is 26.5 Å². The Labute approximate surface area is 313 Å². The maximum atomic E-state index is 4.37. The minimum Gasteiger partial charge on any atom is -0.619 e. The van der Waals surface area contributed by atoms with Gasteiger partial charge in [0.1, 0.15) is 0 Å². The van der Waals surface area contributed by atoms with Gasteiger partial charge in [-0.15, -0.1) is 30.3 Å². The first-order valence-electron chi connectivity index (χ1n) is 17.0. The van der Waals surface area contributed by atoms with E-state index in [2.05, 4.69) is 143 Å². The molecule has 51 heavy (non-hydrogen) atoms. The third-order valence-corrected chi connectivity index (χ3v) is 10.0. The van der Waals surface area contributed by atoms with Crippen LogP contribution in [0, 0.1) is 32.9 Å². The average molecular weight is 837 g/mol. The van der Waals surface area contributed by atoms with Crippen molar-refractivity contribution in [3.05, 3.63) is 197 Å². The van der Waals surface area contributed by atoms with E-state index in [9.17, 15) is 0 Å². The molecule has 2 aromatic heterocycles. The van der Waals surface area contributed by atoms with Crippen LogP contribution in [0.4, 0.5) is 0 Å². The molecule has 250 valence electrons. The largest absolute Gasteiger partial charge is 0.619 e. The number of aryl methyl sites for hydroxylation is 3. The first kappa shape index (κ1) is 32.6. The van der Waals surface area contributed by atoms with Gasteiger partial charge in [0.15, 0.2) is 0 Å². The summed E-state index contributed by atoms with van der Waals surface area (Å²) in [7, 11) is 0. The number of fused-ring (bicyclic) bond motifs is 10. The minimum atomic E-state index is -0.318. The Hall–Kier alpha value is -5.57. The molecule has 10 rings (SSSR count). The van der Waals surface area contributed by atoms with Crippen molar-refractivity contribution in [3.63, 3.8) is 0 Å². The maximum absolute atomic E-state index is 4.37. The molecule has 0 radical (unpaired) electrons. The number of nitrogens with zero attached hydrogens (tertiary/aromatic N) is 4. The number of hydrogen-bond acceptors (Lipinski definition) is 2. The van der Waals surface area contributed by atoms with Gasteiger partial charge >= 0.3 is 0 Å². The summed E-state index contributed by atoms with van der Waals surface area (Å²) < 4.78 is 1.90. The first-order chi connectivity index (χ1) is 24.5. The molecule has 2 heterocycles. The molecule has 0 aliphatic heterocycles. The second-order valence-electron chi connectivity index (χ2n) is 13.1. The van der Waals surface area contributed by atoms with Crippen LogP contribution < -0.4 is 5.10 Å². The summed E-state index contributed by atoms with van der Waals surface area (Å²) in [5, 5.41) is 12.8. The molecule has 0 fully saturated rings. The van der Waals surface area contributed by atoms with Gasteiger partial charge in [0.2, 0.25) is 0 Å². The van der Waals surface area contributed by atoms with Gasteiger partial charge in [0.05, 0.1) is 11.1 Å². The summed E-state index contributed by atoms with van der Waals surface area (Å²) in [5.41, 5.74) is 18.7. The van der Waals surface area contributed by atoms with Crippen molar-refractivity contribution in [1.29, 1.82) is 0 Å². The van der Waals surface area contributed by atoms with Crippen LogP contribution in [0.2, 0.25) is 0 Å². The molecule has 0 atom stereocenters. The van der Waals surface area contributed by atoms with Gasteiger partial charge in [-0.3, -0.25) is 4.68 Å². The second-order valence-corrected chi connectivity index (χ2v) is 13.1. The predicted molar refractivity (Wildman–Crippen MR) is 200 cm³/mol. The molecular weight excluding hydrogens is 804 g/mol. The normalized spacial score (nSPS) is 12.6. The van der Waals surface area contributed by atoms with Crippen LogP contribution in [-0.4, -0.2) is 14.9 Å². The topological polar surface area (TPSA) is 44.8 Å². The molecule has 0 amide bonds. The van der Waals surface area contributed by atoms with Crippen molar-refractivity contribution < 1.29 is 21.1 Å². The van der Waals surface area contributed by atoms with Gasteiger partial charge < -0.3 is 10.2 Å². The Balaban J connectivity index is 0.000000226. The van der Waals surface area contributed by atoms with Gasteiger partial charge in [-0.1, -0.05) is 108 Å². The Bertz CT molecular complexity index is 2460. The Morgan fingerprint density at radius 2 is 1.18 bits per heavy atom. The second kappa shape index (κ2) is 13.0. The predicted octanol–water partition coefficient (Wildman–Crippen LogP) is 10.1. The standard InChI is InChI=1S/C35H22N2.C11H11N2.Pt/c1-22-20-34(37-36-22)24-16-14-23(15-17-24)25-18-19-29-28-10-4-7-13-32(28)35(33(29)21-25)30-11-5-2-8-26(30)27-9-3-6-12-31(27)35;1-9-8-10(2)13(12-9)11-6-4-3-5-7-11;/h2-16,18-21H,1H3;3-6,8H,1-2H3;/q-2;-1;. The minimum absolute atomic E-state index is 0. The summed E-state index contributed by atoms with van der Waals surface area (Å²) in [4.78, 5) is 0. The SMILES string of the molecule is Cc1cc(-c2[c-]cc(-c3ccc4c(c3)C3(c5ccccc5-c5ccccc53)c3ccccc3-4)cc2)[n-]n1.Cc1cc(C)n(-c2[c-]cccc2)n1.[Pt]. The summed E-state index contributed by atoms with van der Waals surface area (Å²) in [6, 6.07) is 58.6. The third-order valence-electron chi connectivity index (χ3n) is 10.0. The van der Waals surface area contributed by atoms with Gasteiger partial charge in [0.25, 0.3) is 0 Å². The van der Waals surface area contributed by atoms with E-state index in [1.807, 2.05) is 55.8 Å². The molecule has 0 N–H and O–H groups in total. The van der Waals surface area contributed by atoms with Crippen LogP contribution in [0.25, 0.3) is 50.3 Å². The number of hydrogen-bond donors (Lipinski definition) is 0. The van der Waals surface area contributed by atoms with Crippen molar-refractivity contribution >= 4 is 0 Å². The fraction of sp³-hybridized carbons (Fsp3) is 0.0870. The zero-order valence-electron chi connectivity index (χ0n) is 28.5. The van der Waals surface area contributed by atoms with Crippen LogP contribution >= 0.6 is 0 Å². The van der Waals surface area contributed by atoms with Gasteiger partial charge in [-0.25, -0.2) is 5.69 Å². The average Bonchev–Trinajstić information content (AvgIpc) is 3.91. The number of para-hydroxylation sites is 1. The van der Waals surface area contributed by atoms with Gasteiger partial charge in [0, 0.05) is 32.5 Å². The van der Waals surface area contributed by atoms with Crippen LogP contribution in [0.1, 0.15) is 39.3 Å². The number of rotatable bonds is 3. The molecule has 0 saturated heterocycles. The summed E-state index contributed by atoms with van der Waals surface area (Å²) >= 11 is 0. The maximum Gasteiger partial charge on any atom is 0.0725 e. The van der Waals surface area contributed by atoms with Gasteiger partial charge in [-0.05, 0) is 77.0 Å². The number of benzene rings is 6. The van der Waals surface area contributed by atoms with Gasteiger partial charge in [-0.2, -0.15) is 34.9 Å². The monoisotopic (exact) mass is 836 g/mol. The van der Waals surface area contributed by atoms with Crippen molar-refractivity contribution in [2.75, 3.05) is 0 Å². The van der Waals surface area contributed by atoms with E-state index < -0.39 is 0 Å². The van der Waals surface area contributed by atoms with E-state index in [4.69, 9.17) is 0 Å². The first-order valence-corrected chi connectivity index (χ1v) is 17.0. The van der Waals surface area contributed by atoms with Crippen molar-refractivity contribution in [2.45, 2.75) is 26.2 Å². The Kier molecular flexibility index (Phi) is 8.29. The van der Waals surface area contributed by atoms with E-state index >= 15 is 0 Å². The fourth-order valence-corrected chi connectivity index (χ4v) is 7.95. The van der Waals surface area contributed by atoms with E-state index in [0.717, 1.165) is 39.6 Å².